The van der Waals surface area contributed by atoms with Crippen molar-refractivity contribution in [2.24, 2.45) is 11.7 Å². The minimum absolute atomic E-state index is 0.00438. The van der Waals surface area contributed by atoms with Crippen molar-refractivity contribution in [2.45, 2.75) is 26.3 Å². The van der Waals surface area contributed by atoms with E-state index in [1.54, 1.807) is 6.07 Å². The molecule has 1 rings (SSSR count). The first-order valence-corrected chi connectivity index (χ1v) is 5.80. The number of aromatic nitrogens is 2. The monoisotopic (exact) mass is 267 g/mol. The van der Waals surface area contributed by atoms with Crippen molar-refractivity contribution in [2.75, 3.05) is 5.32 Å². The van der Waals surface area contributed by atoms with Gasteiger partial charge in [-0.05, 0) is 12.3 Å². The fraction of sp³-hybridized carbons (Fsp3) is 0.455. The molecule has 1 aromatic heterocycles. The highest BCUT2D eigenvalue weighted by molar-refractivity contribution is 6.30. The third-order valence-electron chi connectivity index (χ3n) is 2.21. The van der Waals surface area contributed by atoms with Gasteiger partial charge in [0.2, 0.25) is 5.91 Å². The van der Waals surface area contributed by atoms with E-state index in [1.807, 2.05) is 13.8 Å². The molecule has 0 fully saturated rings. The van der Waals surface area contributed by atoms with Gasteiger partial charge in [0.1, 0.15) is 17.9 Å². The molecule has 1 heterocycles. The van der Waals surface area contributed by atoms with Crippen LogP contribution in [-0.4, -0.2) is 21.9 Å². The number of rotatable bonds is 5. The molecular weight excluding hydrogens is 254 g/mol. The predicted octanol–water partition coefficient (Wildman–Crippen LogP) is 1.31. The molecule has 1 atom stereocenters. The fourth-order valence-corrected chi connectivity index (χ4v) is 1.59. The van der Waals surface area contributed by atoms with Gasteiger partial charge in [-0.2, -0.15) is 5.26 Å². The van der Waals surface area contributed by atoms with Crippen LogP contribution in [0.5, 0.6) is 0 Å². The molecule has 0 spiro atoms. The van der Waals surface area contributed by atoms with Gasteiger partial charge in [0.25, 0.3) is 0 Å². The number of nitrogens with zero attached hydrogens (tertiary/aromatic N) is 3. The Labute approximate surface area is 110 Å². The molecule has 0 aliphatic heterocycles. The van der Waals surface area contributed by atoms with E-state index in [-0.39, 0.29) is 10.8 Å². The van der Waals surface area contributed by atoms with Gasteiger partial charge in [-0.15, -0.1) is 0 Å². The lowest BCUT2D eigenvalue weighted by atomic mass is 10.0. The Balaban J connectivity index is 2.85. The van der Waals surface area contributed by atoms with Gasteiger partial charge in [-0.1, -0.05) is 25.4 Å². The van der Waals surface area contributed by atoms with Gasteiger partial charge < -0.3 is 11.1 Å². The first kappa shape index (κ1) is 14.2. The molecular formula is C11H14ClN5O. The van der Waals surface area contributed by atoms with Crippen LogP contribution < -0.4 is 11.1 Å². The minimum Gasteiger partial charge on any atom is -0.368 e. The zero-order valence-corrected chi connectivity index (χ0v) is 10.9. The molecule has 0 aromatic carbocycles. The summed E-state index contributed by atoms with van der Waals surface area (Å²) in [6.07, 6.45) is 1.93. The number of nitrogens with one attached hydrogen (secondary N) is 1. The summed E-state index contributed by atoms with van der Waals surface area (Å²) >= 11 is 5.75. The van der Waals surface area contributed by atoms with Gasteiger partial charge in [0.15, 0.2) is 10.8 Å². The average molecular weight is 268 g/mol. The molecule has 6 nitrogen and oxygen atoms in total. The predicted molar refractivity (Wildman–Crippen MR) is 67.8 cm³/mol. The van der Waals surface area contributed by atoms with E-state index in [0.717, 1.165) is 0 Å². The van der Waals surface area contributed by atoms with Crippen LogP contribution in [0.15, 0.2) is 6.20 Å². The zero-order chi connectivity index (χ0) is 13.7. The molecule has 0 aliphatic carbocycles. The van der Waals surface area contributed by atoms with Crippen molar-refractivity contribution in [1.82, 2.24) is 9.97 Å². The number of hydrogen-bond donors (Lipinski definition) is 2. The van der Waals surface area contributed by atoms with E-state index in [4.69, 9.17) is 22.6 Å². The standard InChI is InChI=1S/C11H14ClN5O/c1-6(2)3-7(11(14)18)16-9-5-15-8(4-13)10(12)17-9/h5-7H,3H2,1-2H3,(H2,14,18)(H,16,17). The molecule has 1 unspecified atom stereocenters. The Morgan fingerprint density at radius 3 is 2.78 bits per heavy atom. The quantitative estimate of drug-likeness (QED) is 0.837. The molecule has 0 saturated heterocycles. The molecule has 1 aromatic rings. The topological polar surface area (TPSA) is 105 Å². The van der Waals surface area contributed by atoms with Crippen molar-refractivity contribution >= 4 is 23.3 Å². The molecule has 0 aliphatic rings. The number of carbonyl (C=O) groups is 1. The molecule has 0 radical (unpaired) electrons. The first-order valence-electron chi connectivity index (χ1n) is 5.42. The van der Waals surface area contributed by atoms with Crippen molar-refractivity contribution in [3.05, 3.63) is 17.0 Å². The largest absolute Gasteiger partial charge is 0.368 e. The second-order valence-electron chi connectivity index (χ2n) is 4.24. The molecule has 0 bridgehead atoms. The number of primary amides is 1. The lowest BCUT2D eigenvalue weighted by molar-refractivity contribution is -0.119. The summed E-state index contributed by atoms with van der Waals surface area (Å²) in [6.45, 7) is 3.96. The highest BCUT2D eigenvalue weighted by Gasteiger charge is 2.17. The second kappa shape index (κ2) is 6.17. The molecule has 3 N–H and O–H groups in total. The molecule has 0 saturated carbocycles. The van der Waals surface area contributed by atoms with Gasteiger partial charge in [-0.25, -0.2) is 9.97 Å². The number of anilines is 1. The normalized spacial score (nSPS) is 11.9. The maximum Gasteiger partial charge on any atom is 0.239 e. The van der Waals surface area contributed by atoms with Gasteiger partial charge in [-0.3, -0.25) is 4.79 Å². The van der Waals surface area contributed by atoms with Crippen LogP contribution >= 0.6 is 11.6 Å². The van der Waals surface area contributed by atoms with Crippen LogP contribution in [0, 0.1) is 17.2 Å². The third kappa shape index (κ3) is 3.86. The summed E-state index contributed by atoms with van der Waals surface area (Å²) in [5.41, 5.74) is 5.34. The van der Waals surface area contributed by atoms with Crippen molar-refractivity contribution in [1.29, 1.82) is 5.26 Å². The van der Waals surface area contributed by atoms with E-state index < -0.39 is 11.9 Å². The highest BCUT2D eigenvalue weighted by atomic mass is 35.5. The number of carbonyl (C=O) groups excluding carboxylic acids is 1. The van der Waals surface area contributed by atoms with E-state index in [9.17, 15) is 4.79 Å². The van der Waals surface area contributed by atoms with Crippen LogP contribution in [0.3, 0.4) is 0 Å². The smallest absolute Gasteiger partial charge is 0.239 e. The van der Waals surface area contributed by atoms with Crippen LogP contribution in [0.4, 0.5) is 5.82 Å². The third-order valence-corrected chi connectivity index (χ3v) is 2.47. The van der Waals surface area contributed by atoms with Gasteiger partial charge in [0.05, 0.1) is 6.20 Å². The Bertz CT molecular complexity index is 483. The molecule has 96 valence electrons. The minimum atomic E-state index is -0.539. The number of hydrogen-bond acceptors (Lipinski definition) is 5. The van der Waals surface area contributed by atoms with E-state index in [1.165, 1.54) is 6.20 Å². The van der Waals surface area contributed by atoms with Gasteiger partial charge in [0, 0.05) is 0 Å². The summed E-state index contributed by atoms with van der Waals surface area (Å²) in [7, 11) is 0. The lowest BCUT2D eigenvalue weighted by Crippen LogP contribution is -2.36. The zero-order valence-electron chi connectivity index (χ0n) is 10.1. The Hall–Kier alpha value is -1.87. The van der Waals surface area contributed by atoms with Crippen molar-refractivity contribution in [3.63, 3.8) is 0 Å². The fourth-order valence-electron chi connectivity index (χ4n) is 1.41. The lowest BCUT2D eigenvalue weighted by Gasteiger charge is -2.17. The van der Waals surface area contributed by atoms with Gasteiger partial charge >= 0.3 is 0 Å². The maximum absolute atomic E-state index is 11.3. The Morgan fingerprint density at radius 2 is 2.33 bits per heavy atom. The Morgan fingerprint density at radius 1 is 1.67 bits per heavy atom. The first-order chi connectivity index (χ1) is 8.43. The van der Waals surface area contributed by atoms with Crippen LogP contribution in [0.25, 0.3) is 0 Å². The molecule has 7 heteroatoms. The number of halogens is 1. The summed E-state index contributed by atoms with van der Waals surface area (Å²) < 4.78 is 0. The van der Waals surface area contributed by atoms with E-state index in [0.29, 0.717) is 18.2 Å². The number of amides is 1. The highest BCUT2D eigenvalue weighted by Crippen LogP contribution is 2.15. The number of nitriles is 1. The van der Waals surface area contributed by atoms with Crippen LogP contribution in [0.1, 0.15) is 26.0 Å². The Kier molecular flexibility index (Phi) is 4.86. The van der Waals surface area contributed by atoms with E-state index in [2.05, 4.69) is 15.3 Å². The van der Waals surface area contributed by atoms with Crippen molar-refractivity contribution < 1.29 is 4.79 Å². The summed E-state index contributed by atoms with van der Waals surface area (Å²) in [5, 5.41) is 11.5. The van der Waals surface area contributed by atoms with Crippen molar-refractivity contribution in [3.8, 4) is 6.07 Å². The SMILES string of the molecule is CC(C)CC(Nc1cnc(C#N)c(Cl)n1)C(N)=O. The summed E-state index contributed by atoms with van der Waals surface area (Å²) in [6, 6.07) is 1.27. The molecule has 1 amide bonds. The van der Waals surface area contributed by atoms with Crippen LogP contribution in [-0.2, 0) is 4.79 Å². The second-order valence-corrected chi connectivity index (χ2v) is 4.59. The summed E-state index contributed by atoms with van der Waals surface area (Å²) in [4.78, 5) is 19.0. The maximum atomic E-state index is 11.3. The van der Waals surface area contributed by atoms with Crippen LogP contribution in [0.2, 0.25) is 5.15 Å². The molecule has 18 heavy (non-hydrogen) atoms. The van der Waals surface area contributed by atoms with E-state index >= 15 is 0 Å². The number of nitrogens with two attached hydrogens (primary N) is 1. The summed E-state index contributed by atoms with van der Waals surface area (Å²) in [5.74, 6) is 0.159. The average Bonchev–Trinajstić information content (AvgIpc) is 2.27.